The van der Waals surface area contributed by atoms with Crippen molar-refractivity contribution in [1.82, 2.24) is 15.1 Å². The molecule has 0 aliphatic carbocycles. The Morgan fingerprint density at radius 3 is 2.60 bits per heavy atom. The van der Waals surface area contributed by atoms with Gasteiger partial charge >= 0.3 is 0 Å². The maximum Gasteiger partial charge on any atom is 0.0472 e. The van der Waals surface area contributed by atoms with Crippen molar-refractivity contribution in [2.45, 2.75) is 37.9 Å². The quantitative estimate of drug-likeness (QED) is 0.860. The van der Waals surface area contributed by atoms with E-state index in [1.165, 1.54) is 24.9 Å². The van der Waals surface area contributed by atoms with Crippen LogP contribution in [-0.2, 0) is 0 Å². The van der Waals surface area contributed by atoms with Crippen LogP contribution in [0.2, 0.25) is 0 Å². The topological polar surface area (TPSA) is 18.5 Å². The van der Waals surface area contributed by atoms with Crippen LogP contribution in [-0.4, -0.2) is 56.1 Å². The van der Waals surface area contributed by atoms with Gasteiger partial charge in [0.05, 0.1) is 0 Å². The standard InChI is InChI=1S/C17H29N3/c1-14(17(18-2)15-9-6-5-7-10-15)20(4)13-16-11-8-12-19(16)3/h5-7,9-10,14,16-18H,8,11-13H2,1-4H3. The van der Waals surface area contributed by atoms with E-state index in [0.717, 1.165) is 12.6 Å². The largest absolute Gasteiger partial charge is 0.312 e. The van der Waals surface area contributed by atoms with Gasteiger partial charge in [-0.25, -0.2) is 0 Å². The van der Waals surface area contributed by atoms with Gasteiger partial charge in [-0.05, 0) is 53.0 Å². The second-order valence-corrected chi connectivity index (χ2v) is 6.13. The maximum absolute atomic E-state index is 3.48. The fourth-order valence-electron chi connectivity index (χ4n) is 3.31. The molecule has 0 saturated carbocycles. The molecule has 1 aromatic carbocycles. The number of likely N-dealkylation sites (N-methyl/N-ethyl adjacent to an activating group) is 3. The van der Waals surface area contributed by atoms with E-state index in [9.17, 15) is 0 Å². The molecular formula is C17H29N3. The van der Waals surface area contributed by atoms with E-state index in [0.29, 0.717) is 12.1 Å². The molecule has 1 aliphatic heterocycles. The maximum atomic E-state index is 3.48. The summed E-state index contributed by atoms with van der Waals surface area (Å²) in [6, 6.07) is 12.3. The van der Waals surface area contributed by atoms with Crippen LogP contribution in [0.5, 0.6) is 0 Å². The minimum Gasteiger partial charge on any atom is -0.312 e. The average molecular weight is 275 g/mol. The van der Waals surface area contributed by atoms with Gasteiger partial charge in [0, 0.05) is 24.7 Å². The van der Waals surface area contributed by atoms with Crippen molar-refractivity contribution in [3.63, 3.8) is 0 Å². The minimum atomic E-state index is 0.382. The molecule has 20 heavy (non-hydrogen) atoms. The Hall–Kier alpha value is -0.900. The highest BCUT2D eigenvalue weighted by Crippen LogP contribution is 2.22. The number of nitrogens with zero attached hydrogens (tertiary/aromatic N) is 2. The fraction of sp³-hybridized carbons (Fsp3) is 0.647. The zero-order valence-electron chi connectivity index (χ0n) is 13.3. The van der Waals surface area contributed by atoms with Crippen LogP contribution in [0.4, 0.5) is 0 Å². The molecule has 1 N–H and O–H groups in total. The van der Waals surface area contributed by atoms with E-state index in [-0.39, 0.29) is 0 Å². The fourth-order valence-corrected chi connectivity index (χ4v) is 3.31. The van der Waals surface area contributed by atoms with E-state index < -0.39 is 0 Å². The van der Waals surface area contributed by atoms with Crippen molar-refractivity contribution in [1.29, 1.82) is 0 Å². The second-order valence-electron chi connectivity index (χ2n) is 6.13. The molecule has 1 saturated heterocycles. The molecule has 3 atom stereocenters. The first-order valence-electron chi connectivity index (χ1n) is 7.76. The Morgan fingerprint density at radius 1 is 1.35 bits per heavy atom. The summed E-state index contributed by atoms with van der Waals surface area (Å²) in [5.74, 6) is 0. The van der Waals surface area contributed by atoms with Gasteiger partial charge in [0.25, 0.3) is 0 Å². The molecule has 3 heteroatoms. The molecule has 0 bridgehead atoms. The molecule has 3 nitrogen and oxygen atoms in total. The molecular weight excluding hydrogens is 246 g/mol. The smallest absolute Gasteiger partial charge is 0.0472 e. The number of hydrogen-bond donors (Lipinski definition) is 1. The van der Waals surface area contributed by atoms with Crippen molar-refractivity contribution in [2.75, 3.05) is 34.2 Å². The molecule has 3 unspecified atom stereocenters. The summed E-state index contributed by atoms with van der Waals surface area (Å²) in [4.78, 5) is 5.00. The first-order chi connectivity index (χ1) is 9.63. The lowest BCUT2D eigenvalue weighted by Gasteiger charge is -2.35. The lowest BCUT2D eigenvalue weighted by atomic mass is 9.99. The van der Waals surface area contributed by atoms with Crippen molar-refractivity contribution in [3.8, 4) is 0 Å². The first kappa shape index (κ1) is 15.5. The van der Waals surface area contributed by atoms with Crippen LogP contribution in [0.25, 0.3) is 0 Å². The Kier molecular flexibility index (Phi) is 5.58. The third-order valence-electron chi connectivity index (χ3n) is 4.82. The van der Waals surface area contributed by atoms with Crippen LogP contribution < -0.4 is 5.32 Å². The highest BCUT2D eigenvalue weighted by molar-refractivity contribution is 5.20. The summed E-state index contributed by atoms with van der Waals surface area (Å²) in [5.41, 5.74) is 1.37. The van der Waals surface area contributed by atoms with Gasteiger partial charge < -0.3 is 15.1 Å². The summed E-state index contributed by atoms with van der Waals surface area (Å²) in [5, 5.41) is 3.48. The molecule has 2 rings (SSSR count). The lowest BCUT2D eigenvalue weighted by molar-refractivity contribution is 0.160. The molecule has 1 aliphatic rings. The van der Waals surface area contributed by atoms with Crippen molar-refractivity contribution >= 4 is 0 Å². The molecule has 1 aromatic rings. The monoisotopic (exact) mass is 275 g/mol. The van der Waals surface area contributed by atoms with E-state index in [1.54, 1.807) is 0 Å². The van der Waals surface area contributed by atoms with Gasteiger partial charge in [0.2, 0.25) is 0 Å². The molecule has 1 heterocycles. The van der Waals surface area contributed by atoms with Gasteiger partial charge in [-0.3, -0.25) is 0 Å². The molecule has 0 amide bonds. The Morgan fingerprint density at radius 2 is 2.05 bits per heavy atom. The third-order valence-corrected chi connectivity index (χ3v) is 4.82. The van der Waals surface area contributed by atoms with Gasteiger partial charge in [-0.15, -0.1) is 0 Å². The van der Waals surface area contributed by atoms with Crippen molar-refractivity contribution < 1.29 is 0 Å². The molecule has 112 valence electrons. The summed E-state index contributed by atoms with van der Waals surface area (Å²) < 4.78 is 0. The number of nitrogens with one attached hydrogen (secondary N) is 1. The predicted molar refractivity (Wildman–Crippen MR) is 86.0 cm³/mol. The van der Waals surface area contributed by atoms with Crippen molar-refractivity contribution in [3.05, 3.63) is 35.9 Å². The van der Waals surface area contributed by atoms with Crippen LogP contribution in [0.1, 0.15) is 31.4 Å². The SMILES string of the molecule is CNC(c1ccccc1)C(C)N(C)CC1CCCN1C. The predicted octanol–water partition coefficient (Wildman–Crippen LogP) is 2.36. The van der Waals surface area contributed by atoms with Crippen LogP contribution in [0.15, 0.2) is 30.3 Å². The molecule has 1 fully saturated rings. The zero-order valence-corrected chi connectivity index (χ0v) is 13.3. The van der Waals surface area contributed by atoms with Crippen LogP contribution >= 0.6 is 0 Å². The van der Waals surface area contributed by atoms with Gasteiger partial charge in [-0.1, -0.05) is 30.3 Å². The second kappa shape index (κ2) is 7.21. The van der Waals surface area contributed by atoms with Gasteiger partial charge in [0.1, 0.15) is 0 Å². The average Bonchev–Trinajstić information content (AvgIpc) is 2.86. The highest BCUT2D eigenvalue weighted by Gasteiger charge is 2.27. The number of hydrogen-bond acceptors (Lipinski definition) is 3. The summed E-state index contributed by atoms with van der Waals surface area (Å²) >= 11 is 0. The number of likely N-dealkylation sites (tertiary alicyclic amines) is 1. The molecule has 0 aromatic heterocycles. The van der Waals surface area contributed by atoms with E-state index in [1.807, 2.05) is 0 Å². The minimum absolute atomic E-state index is 0.382. The van der Waals surface area contributed by atoms with Gasteiger partial charge in [0.15, 0.2) is 0 Å². The summed E-state index contributed by atoms with van der Waals surface area (Å²) in [6.07, 6.45) is 2.68. The molecule has 0 spiro atoms. The van der Waals surface area contributed by atoms with Crippen LogP contribution in [0.3, 0.4) is 0 Å². The normalized spacial score (nSPS) is 23.1. The lowest BCUT2D eigenvalue weighted by Crippen LogP contribution is -2.45. The van der Waals surface area contributed by atoms with E-state index in [2.05, 4.69) is 73.5 Å². The third kappa shape index (κ3) is 3.60. The van der Waals surface area contributed by atoms with Crippen molar-refractivity contribution in [2.24, 2.45) is 0 Å². The van der Waals surface area contributed by atoms with E-state index in [4.69, 9.17) is 0 Å². The Bertz CT molecular complexity index is 392. The summed E-state index contributed by atoms with van der Waals surface area (Å²) in [6.45, 7) is 4.73. The van der Waals surface area contributed by atoms with E-state index >= 15 is 0 Å². The number of rotatable bonds is 6. The van der Waals surface area contributed by atoms with Crippen LogP contribution in [0, 0.1) is 0 Å². The Balaban J connectivity index is 1.99. The molecule has 0 radical (unpaired) electrons. The summed E-state index contributed by atoms with van der Waals surface area (Å²) in [7, 11) is 6.57. The first-order valence-corrected chi connectivity index (χ1v) is 7.76. The zero-order chi connectivity index (χ0) is 14.5. The highest BCUT2D eigenvalue weighted by atomic mass is 15.2. The number of benzene rings is 1. The Labute approximate surface area is 124 Å². The van der Waals surface area contributed by atoms with Gasteiger partial charge in [-0.2, -0.15) is 0 Å².